The van der Waals surface area contributed by atoms with Gasteiger partial charge in [-0.15, -0.1) is 0 Å². The maximum atomic E-state index is 10.7. The first-order valence-corrected chi connectivity index (χ1v) is 11.5. The van der Waals surface area contributed by atoms with Gasteiger partial charge in [0.1, 0.15) is 0 Å². The minimum atomic E-state index is -0.698. The predicted molar refractivity (Wildman–Crippen MR) is 114 cm³/mol. The van der Waals surface area contributed by atoms with E-state index in [-0.39, 0.29) is 12.5 Å². The summed E-state index contributed by atoms with van der Waals surface area (Å²) in [5.74, 6) is -0.698. The van der Waals surface area contributed by atoms with Crippen molar-refractivity contribution in [2.45, 2.75) is 129 Å². The molecule has 0 radical (unpaired) electrons. The number of unbranched alkanes of at least 4 members (excludes halogenated alkanes) is 15. The van der Waals surface area contributed by atoms with Crippen LogP contribution in [0, 0.1) is 0 Å². The number of carbonyl (C=O) groups is 1. The number of carboxylic acid groups (broad SMARTS) is 1. The molecule has 0 aliphatic heterocycles. The summed E-state index contributed by atoms with van der Waals surface area (Å²) in [5, 5.41) is 8.82. The largest absolute Gasteiger partial charge is 0.481 e. The number of aliphatic carboxylic acids is 1. The first-order chi connectivity index (χ1) is 12.6. The van der Waals surface area contributed by atoms with Gasteiger partial charge < -0.3 is 10.0 Å². The molecule has 1 unspecified atom stereocenters. The van der Waals surface area contributed by atoms with E-state index in [9.17, 15) is 4.79 Å². The molecule has 0 rings (SSSR count). The molecule has 156 valence electrons. The van der Waals surface area contributed by atoms with Crippen LogP contribution in [-0.4, -0.2) is 35.6 Å². The van der Waals surface area contributed by atoms with Crippen molar-refractivity contribution in [1.29, 1.82) is 0 Å². The van der Waals surface area contributed by atoms with Gasteiger partial charge in [0.15, 0.2) is 0 Å². The Morgan fingerprint density at radius 2 is 1.08 bits per heavy atom. The Morgan fingerprint density at radius 3 is 1.42 bits per heavy atom. The van der Waals surface area contributed by atoms with Crippen LogP contribution in [0.2, 0.25) is 0 Å². The fraction of sp³-hybridized carbons (Fsp3) is 0.957. The summed E-state index contributed by atoms with van der Waals surface area (Å²) in [6, 6.07) is 0.142. The highest BCUT2D eigenvalue weighted by Crippen LogP contribution is 2.14. The van der Waals surface area contributed by atoms with E-state index < -0.39 is 5.97 Å². The number of nitrogens with zero attached hydrogens (tertiary/aromatic N) is 1. The van der Waals surface area contributed by atoms with Crippen molar-refractivity contribution >= 4 is 5.97 Å². The zero-order valence-electron chi connectivity index (χ0n) is 18.1. The summed E-state index contributed by atoms with van der Waals surface area (Å²) in [6.45, 7) is 5.30. The second-order valence-corrected chi connectivity index (χ2v) is 8.23. The zero-order chi connectivity index (χ0) is 19.5. The first-order valence-electron chi connectivity index (χ1n) is 11.5. The fourth-order valence-electron chi connectivity index (χ4n) is 3.54. The van der Waals surface area contributed by atoms with Crippen molar-refractivity contribution in [3.8, 4) is 0 Å². The number of hydrogen-bond acceptors (Lipinski definition) is 2. The summed E-state index contributed by atoms with van der Waals surface area (Å²) >= 11 is 0. The van der Waals surface area contributed by atoms with Crippen LogP contribution >= 0.6 is 0 Å². The van der Waals surface area contributed by atoms with E-state index in [1.54, 1.807) is 0 Å². The zero-order valence-corrected chi connectivity index (χ0v) is 18.1. The van der Waals surface area contributed by atoms with Gasteiger partial charge in [0.25, 0.3) is 0 Å². The third-order valence-corrected chi connectivity index (χ3v) is 5.59. The standard InChI is InChI=1S/C23H47NO2/c1-4-5-6-7-8-9-10-11-12-13-14-15-16-17-18-19-20-24(3)22(2)21-23(25)26/h22H,4-21H2,1-3H3,(H,25,26). The summed E-state index contributed by atoms with van der Waals surface area (Å²) in [5.41, 5.74) is 0. The topological polar surface area (TPSA) is 40.5 Å². The highest BCUT2D eigenvalue weighted by Gasteiger charge is 2.12. The van der Waals surface area contributed by atoms with Crippen LogP contribution < -0.4 is 0 Å². The molecule has 0 aromatic rings. The number of rotatable bonds is 20. The second kappa shape index (κ2) is 19.2. The molecule has 0 saturated heterocycles. The van der Waals surface area contributed by atoms with E-state index in [0.717, 1.165) is 6.54 Å². The molecule has 1 atom stereocenters. The van der Waals surface area contributed by atoms with Gasteiger partial charge in [-0.25, -0.2) is 0 Å². The van der Waals surface area contributed by atoms with Crippen molar-refractivity contribution in [2.75, 3.05) is 13.6 Å². The second-order valence-electron chi connectivity index (χ2n) is 8.23. The van der Waals surface area contributed by atoms with Crippen LogP contribution in [0.1, 0.15) is 123 Å². The first kappa shape index (κ1) is 25.4. The highest BCUT2D eigenvalue weighted by atomic mass is 16.4. The molecule has 0 heterocycles. The Hall–Kier alpha value is -0.570. The Morgan fingerprint density at radius 1 is 0.731 bits per heavy atom. The molecule has 0 saturated carbocycles. The van der Waals surface area contributed by atoms with E-state index in [0.29, 0.717) is 0 Å². The lowest BCUT2D eigenvalue weighted by atomic mass is 10.0. The van der Waals surface area contributed by atoms with Crippen LogP contribution in [0.3, 0.4) is 0 Å². The number of hydrogen-bond donors (Lipinski definition) is 1. The third kappa shape index (κ3) is 18.2. The molecule has 3 nitrogen and oxygen atoms in total. The SMILES string of the molecule is CCCCCCCCCCCCCCCCCCN(C)C(C)CC(=O)O. The van der Waals surface area contributed by atoms with Gasteiger partial charge >= 0.3 is 5.97 Å². The molecule has 0 aliphatic carbocycles. The van der Waals surface area contributed by atoms with Crippen molar-refractivity contribution in [3.05, 3.63) is 0 Å². The quantitative estimate of drug-likeness (QED) is 0.234. The van der Waals surface area contributed by atoms with E-state index in [2.05, 4.69) is 11.8 Å². The molecule has 0 aromatic heterocycles. The summed E-state index contributed by atoms with van der Waals surface area (Å²) in [7, 11) is 2.04. The van der Waals surface area contributed by atoms with E-state index in [4.69, 9.17) is 5.11 Å². The lowest BCUT2D eigenvalue weighted by Crippen LogP contribution is -2.31. The molecule has 1 N–H and O–H groups in total. The Labute approximate surface area is 163 Å². The number of carboxylic acids is 1. The lowest BCUT2D eigenvalue weighted by Gasteiger charge is -2.23. The summed E-state index contributed by atoms with van der Waals surface area (Å²) in [6.07, 6.45) is 22.5. The van der Waals surface area contributed by atoms with Crippen LogP contribution in [0.15, 0.2) is 0 Å². The third-order valence-electron chi connectivity index (χ3n) is 5.59. The van der Waals surface area contributed by atoms with Gasteiger partial charge in [-0.1, -0.05) is 103 Å². The Balaban J connectivity index is 3.19. The fourth-order valence-corrected chi connectivity index (χ4v) is 3.54. The van der Waals surface area contributed by atoms with Gasteiger partial charge in [0.05, 0.1) is 6.42 Å². The average molecular weight is 370 g/mol. The van der Waals surface area contributed by atoms with Crippen LogP contribution in [0.4, 0.5) is 0 Å². The van der Waals surface area contributed by atoms with Crippen molar-refractivity contribution in [3.63, 3.8) is 0 Å². The van der Waals surface area contributed by atoms with E-state index in [1.807, 2.05) is 14.0 Å². The maximum absolute atomic E-state index is 10.7. The van der Waals surface area contributed by atoms with Crippen LogP contribution in [0.5, 0.6) is 0 Å². The highest BCUT2D eigenvalue weighted by molar-refractivity contribution is 5.67. The predicted octanol–water partition coefficient (Wildman–Crippen LogP) is 7.04. The molecule has 0 amide bonds. The molecule has 0 spiro atoms. The molecular weight excluding hydrogens is 322 g/mol. The Kier molecular flexibility index (Phi) is 18.8. The minimum Gasteiger partial charge on any atom is -0.481 e. The van der Waals surface area contributed by atoms with Crippen molar-refractivity contribution in [1.82, 2.24) is 4.90 Å². The van der Waals surface area contributed by atoms with Gasteiger partial charge in [-0.3, -0.25) is 4.79 Å². The summed E-state index contributed by atoms with van der Waals surface area (Å²) < 4.78 is 0. The summed E-state index contributed by atoms with van der Waals surface area (Å²) in [4.78, 5) is 12.9. The van der Waals surface area contributed by atoms with Gasteiger partial charge in [0, 0.05) is 6.04 Å². The van der Waals surface area contributed by atoms with Gasteiger partial charge in [0.2, 0.25) is 0 Å². The van der Waals surface area contributed by atoms with Crippen LogP contribution in [0.25, 0.3) is 0 Å². The van der Waals surface area contributed by atoms with Gasteiger partial charge in [-0.05, 0) is 26.9 Å². The van der Waals surface area contributed by atoms with Crippen molar-refractivity contribution < 1.29 is 9.90 Å². The van der Waals surface area contributed by atoms with Gasteiger partial charge in [-0.2, -0.15) is 0 Å². The Bertz CT molecular complexity index is 307. The molecule has 0 fully saturated rings. The minimum absolute atomic E-state index is 0.142. The molecular formula is C23H47NO2. The van der Waals surface area contributed by atoms with E-state index in [1.165, 1.54) is 103 Å². The molecule has 3 heteroatoms. The molecule has 0 bridgehead atoms. The smallest absolute Gasteiger partial charge is 0.304 e. The van der Waals surface area contributed by atoms with E-state index >= 15 is 0 Å². The van der Waals surface area contributed by atoms with Crippen LogP contribution in [-0.2, 0) is 4.79 Å². The molecule has 0 aliphatic rings. The molecule has 0 aromatic carbocycles. The average Bonchev–Trinajstić information content (AvgIpc) is 2.60. The maximum Gasteiger partial charge on any atom is 0.304 e. The lowest BCUT2D eigenvalue weighted by molar-refractivity contribution is -0.138. The van der Waals surface area contributed by atoms with Crippen molar-refractivity contribution in [2.24, 2.45) is 0 Å². The molecule has 26 heavy (non-hydrogen) atoms. The monoisotopic (exact) mass is 369 g/mol. The normalized spacial score (nSPS) is 12.6.